The third kappa shape index (κ3) is 4.26. The van der Waals surface area contributed by atoms with Crippen LogP contribution in [0.15, 0.2) is 144 Å². The number of ether oxygens (including phenoxy) is 2. The average Bonchev–Trinajstić information content (AvgIpc) is 3.81. The summed E-state index contributed by atoms with van der Waals surface area (Å²) in [7, 11) is 0. The molecule has 5 heteroatoms. The van der Waals surface area contributed by atoms with Crippen molar-refractivity contribution in [2.75, 3.05) is 4.90 Å². The standard InChI is InChI=1S/C45H34BNO3/c1-45(20-10-11-28-21-29(28)27-45)30-22-42-44-43(23-30)50-41-25-35-34-19-18-33(47(31-12-4-2-5-13-31)32-14-6-3-7-15-32)24-39(34)49-40(35)26-37(41)46(44)36-16-8-9-17-38(36)48-42/h2-10,12-20,22-26,28-29H,11,21,27H2,1H3. The van der Waals surface area contributed by atoms with Gasteiger partial charge in [-0.3, -0.25) is 0 Å². The molecule has 11 rings (SSSR count). The molecule has 240 valence electrons. The van der Waals surface area contributed by atoms with Crippen molar-refractivity contribution in [1.29, 1.82) is 0 Å². The van der Waals surface area contributed by atoms with Gasteiger partial charge in [-0.2, -0.15) is 0 Å². The Morgan fingerprint density at radius 2 is 1.32 bits per heavy atom. The normalized spacial score (nSPS) is 20.9. The highest BCUT2D eigenvalue weighted by molar-refractivity contribution is 6.98. The molecule has 0 radical (unpaired) electrons. The van der Waals surface area contributed by atoms with E-state index in [2.05, 4.69) is 151 Å². The molecule has 3 heterocycles. The lowest BCUT2D eigenvalue weighted by Gasteiger charge is -2.35. The monoisotopic (exact) mass is 647 g/mol. The summed E-state index contributed by atoms with van der Waals surface area (Å²) in [5.41, 5.74) is 9.48. The van der Waals surface area contributed by atoms with Gasteiger partial charge >= 0.3 is 0 Å². The molecule has 0 N–H and O–H groups in total. The Morgan fingerprint density at radius 3 is 2.10 bits per heavy atom. The summed E-state index contributed by atoms with van der Waals surface area (Å²) in [5, 5.41) is 2.12. The van der Waals surface area contributed by atoms with Crippen LogP contribution in [0.25, 0.3) is 21.9 Å². The molecule has 0 bridgehead atoms. The van der Waals surface area contributed by atoms with Gasteiger partial charge in [-0.1, -0.05) is 73.7 Å². The van der Waals surface area contributed by atoms with E-state index in [9.17, 15) is 0 Å². The maximum Gasteiger partial charge on any atom is 0.260 e. The zero-order valence-corrected chi connectivity index (χ0v) is 27.8. The maximum absolute atomic E-state index is 6.93. The van der Waals surface area contributed by atoms with Crippen LogP contribution in [0.3, 0.4) is 0 Å². The number of nitrogens with zero attached hydrogens (tertiary/aromatic N) is 1. The number of allylic oxidation sites excluding steroid dienone is 2. The van der Waals surface area contributed by atoms with Crippen LogP contribution in [0.5, 0.6) is 23.0 Å². The summed E-state index contributed by atoms with van der Waals surface area (Å²) in [6.07, 6.45) is 8.55. The molecular formula is C45H34BNO3. The highest BCUT2D eigenvalue weighted by atomic mass is 16.5. The second-order valence-electron chi connectivity index (χ2n) is 14.8. The van der Waals surface area contributed by atoms with E-state index in [4.69, 9.17) is 13.9 Å². The molecule has 1 fully saturated rings. The zero-order chi connectivity index (χ0) is 33.0. The largest absolute Gasteiger partial charge is 0.458 e. The lowest BCUT2D eigenvalue weighted by atomic mass is 9.34. The molecule has 4 nitrogen and oxygen atoms in total. The van der Waals surface area contributed by atoms with Crippen LogP contribution in [0.2, 0.25) is 0 Å². The van der Waals surface area contributed by atoms with Crippen LogP contribution in [0.4, 0.5) is 17.1 Å². The van der Waals surface area contributed by atoms with Gasteiger partial charge in [0.1, 0.15) is 34.2 Å². The predicted molar refractivity (Wildman–Crippen MR) is 203 cm³/mol. The van der Waals surface area contributed by atoms with Gasteiger partial charge in [-0.15, -0.1) is 0 Å². The van der Waals surface area contributed by atoms with Gasteiger partial charge in [-0.25, -0.2) is 0 Å². The first-order valence-corrected chi connectivity index (χ1v) is 17.8. The van der Waals surface area contributed by atoms with Crippen molar-refractivity contribution in [1.82, 2.24) is 0 Å². The van der Waals surface area contributed by atoms with Gasteiger partial charge in [0.2, 0.25) is 0 Å². The van der Waals surface area contributed by atoms with Crippen LogP contribution in [0.1, 0.15) is 31.7 Å². The summed E-state index contributed by atoms with van der Waals surface area (Å²) in [4.78, 5) is 2.27. The molecule has 2 aliphatic heterocycles. The topological polar surface area (TPSA) is 34.8 Å². The summed E-state index contributed by atoms with van der Waals surface area (Å²) >= 11 is 0. The third-order valence-electron chi connectivity index (χ3n) is 11.6. The average molecular weight is 648 g/mol. The Hall–Kier alpha value is -5.68. The molecule has 7 aromatic rings. The Kier molecular flexibility index (Phi) is 5.87. The Bertz CT molecular complexity index is 2480. The zero-order valence-electron chi connectivity index (χ0n) is 27.8. The summed E-state index contributed by atoms with van der Waals surface area (Å²) in [6, 6.07) is 44.9. The Morgan fingerprint density at radius 1 is 0.620 bits per heavy atom. The van der Waals surface area contributed by atoms with Gasteiger partial charge in [-0.05, 0) is 114 Å². The quantitative estimate of drug-likeness (QED) is 0.141. The van der Waals surface area contributed by atoms with Crippen molar-refractivity contribution in [3.05, 3.63) is 145 Å². The van der Waals surface area contributed by atoms with Crippen molar-refractivity contribution >= 4 is 62.1 Å². The Labute approximate surface area is 291 Å². The number of rotatable bonds is 4. The first-order chi connectivity index (χ1) is 24.6. The second-order valence-corrected chi connectivity index (χ2v) is 14.8. The van der Waals surface area contributed by atoms with E-state index in [1.165, 1.54) is 24.8 Å². The van der Waals surface area contributed by atoms with Gasteiger partial charge in [0.05, 0.1) is 0 Å². The van der Waals surface area contributed by atoms with Crippen molar-refractivity contribution in [2.24, 2.45) is 11.8 Å². The molecule has 3 unspecified atom stereocenters. The molecule has 4 aliphatic rings. The molecule has 0 saturated heterocycles. The minimum atomic E-state index is -0.0588. The molecule has 1 saturated carbocycles. The van der Waals surface area contributed by atoms with E-state index in [1.54, 1.807) is 0 Å². The van der Waals surface area contributed by atoms with Gasteiger partial charge < -0.3 is 18.8 Å². The van der Waals surface area contributed by atoms with E-state index in [-0.39, 0.29) is 12.1 Å². The summed E-state index contributed by atoms with van der Waals surface area (Å²) in [5.74, 6) is 5.22. The molecule has 1 aromatic heterocycles. The number of anilines is 3. The van der Waals surface area contributed by atoms with Gasteiger partial charge in [0.15, 0.2) is 0 Å². The summed E-state index contributed by atoms with van der Waals surface area (Å²) in [6.45, 7) is 2.36. The van der Waals surface area contributed by atoms with Gasteiger partial charge in [0, 0.05) is 44.8 Å². The minimum Gasteiger partial charge on any atom is -0.458 e. The van der Waals surface area contributed by atoms with Gasteiger partial charge in [0.25, 0.3) is 6.71 Å². The summed E-state index contributed by atoms with van der Waals surface area (Å²) < 4.78 is 20.3. The number of benzene rings is 6. The predicted octanol–water partition coefficient (Wildman–Crippen LogP) is 10.0. The fourth-order valence-corrected chi connectivity index (χ4v) is 8.95. The van der Waals surface area contributed by atoms with Crippen LogP contribution >= 0.6 is 0 Å². The van der Waals surface area contributed by atoms with E-state index in [0.29, 0.717) is 0 Å². The Balaban J connectivity index is 1.07. The number of fused-ring (bicyclic) bond motifs is 8. The number of para-hydroxylation sites is 3. The van der Waals surface area contributed by atoms with Crippen LogP contribution in [-0.2, 0) is 5.41 Å². The molecule has 2 aliphatic carbocycles. The van der Waals surface area contributed by atoms with Crippen LogP contribution in [0, 0.1) is 11.8 Å². The van der Waals surface area contributed by atoms with E-state index >= 15 is 0 Å². The highest BCUT2D eigenvalue weighted by Crippen LogP contribution is 2.53. The second kappa shape index (κ2) is 10.4. The van der Waals surface area contributed by atoms with Crippen molar-refractivity contribution < 1.29 is 13.9 Å². The van der Waals surface area contributed by atoms with Crippen LogP contribution < -0.4 is 30.8 Å². The fraction of sp³-hybridized carbons (Fsp3) is 0.156. The number of hydrogen-bond donors (Lipinski definition) is 0. The van der Waals surface area contributed by atoms with E-state index in [1.807, 2.05) is 0 Å². The molecule has 50 heavy (non-hydrogen) atoms. The third-order valence-corrected chi connectivity index (χ3v) is 11.6. The molecule has 0 spiro atoms. The molecule has 3 atom stereocenters. The lowest BCUT2D eigenvalue weighted by Crippen LogP contribution is -2.57. The SMILES string of the molecule is CC1(c2cc3c4c(c2)Oc2cc5c(cc2B4c2ccccc2O3)oc2cc(N(c3ccccc3)c3ccccc3)ccc25)C=CCC2CC2C1. The minimum absolute atomic E-state index is 0.0205. The first-order valence-electron chi connectivity index (χ1n) is 17.8. The van der Waals surface area contributed by atoms with E-state index in [0.717, 1.165) is 90.2 Å². The number of hydrogen-bond acceptors (Lipinski definition) is 4. The van der Waals surface area contributed by atoms with Crippen molar-refractivity contribution in [3.63, 3.8) is 0 Å². The molecule has 6 aromatic carbocycles. The first kappa shape index (κ1) is 28.2. The fourth-order valence-electron chi connectivity index (χ4n) is 8.95. The molecular weight excluding hydrogens is 613 g/mol. The van der Waals surface area contributed by atoms with Crippen LogP contribution in [-0.4, -0.2) is 6.71 Å². The highest BCUT2D eigenvalue weighted by Gasteiger charge is 2.45. The van der Waals surface area contributed by atoms with Crippen molar-refractivity contribution in [3.8, 4) is 23.0 Å². The smallest absolute Gasteiger partial charge is 0.260 e. The van der Waals surface area contributed by atoms with E-state index < -0.39 is 0 Å². The molecule has 0 amide bonds. The van der Waals surface area contributed by atoms with Crippen molar-refractivity contribution in [2.45, 2.75) is 31.6 Å². The number of furan rings is 1. The lowest BCUT2D eigenvalue weighted by molar-refractivity contribution is 0.451. The maximum atomic E-state index is 6.93.